The van der Waals surface area contributed by atoms with Crippen LogP contribution < -0.4 is 5.56 Å². The number of pyridine rings is 1. The minimum absolute atomic E-state index is 0.0644. The molecule has 6 nitrogen and oxygen atoms in total. The fraction of sp³-hybridized carbons (Fsp3) is 0.154. The van der Waals surface area contributed by atoms with Gasteiger partial charge < -0.3 is 0 Å². The normalized spacial score (nSPS) is 14.3. The molecule has 0 fully saturated rings. The number of rotatable bonds is 3. The Balaban J connectivity index is 1.53. The van der Waals surface area contributed by atoms with Gasteiger partial charge >= 0.3 is 0 Å². The Kier molecular flexibility index (Phi) is 4.58. The van der Waals surface area contributed by atoms with Crippen molar-refractivity contribution in [3.8, 4) is 16.9 Å². The van der Waals surface area contributed by atoms with Crippen molar-refractivity contribution in [1.29, 1.82) is 0 Å². The van der Waals surface area contributed by atoms with E-state index < -0.39 is 0 Å². The van der Waals surface area contributed by atoms with Crippen molar-refractivity contribution in [2.75, 3.05) is 0 Å². The third-order valence-corrected chi connectivity index (χ3v) is 7.33. The summed E-state index contributed by atoms with van der Waals surface area (Å²) in [5.41, 5.74) is 6.01. The van der Waals surface area contributed by atoms with Crippen molar-refractivity contribution < 1.29 is 0 Å². The Morgan fingerprint density at radius 2 is 1.85 bits per heavy atom. The van der Waals surface area contributed by atoms with Gasteiger partial charge in [-0.1, -0.05) is 18.2 Å². The summed E-state index contributed by atoms with van der Waals surface area (Å²) in [6.07, 6.45) is 8.49. The molecule has 0 spiro atoms. The minimum atomic E-state index is 0.0644. The minimum Gasteiger partial charge on any atom is -0.292 e. The van der Waals surface area contributed by atoms with Crippen LogP contribution in [0.3, 0.4) is 0 Å². The summed E-state index contributed by atoms with van der Waals surface area (Å²) in [5, 5.41) is 5.65. The predicted octanol–water partition coefficient (Wildman–Crippen LogP) is 5.27. The zero-order valence-corrected chi connectivity index (χ0v) is 19.1. The van der Waals surface area contributed by atoms with Gasteiger partial charge in [-0.3, -0.25) is 14.3 Å². The quantitative estimate of drug-likeness (QED) is 0.375. The van der Waals surface area contributed by atoms with Crippen LogP contribution in [0.1, 0.15) is 28.2 Å². The predicted molar refractivity (Wildman–Crippen MR) is 133 cm³/mol. The summed E-state index contributed by atoms with van der Waals surface area (Å²) in [6, 6.07) is 14.0. The SMILES string of the molecule is Cc1sc2nc3n(c(=O)c2c1C)CC/C3=C/c1cn(-c2ccccc2)nc1-c1ccncc1. The number of para-hydroxylation sites is 1. The number of fused-ring (bicyclic) bond motifs is 2. The maximum absolute atomic E-state index is 13.2. The van der Waals surface area contributed by atoms with Gasteiger partial charge in [0.2, 0.25) is 0 Å². The highest BCUT2D eigenvalue weighted by Gasteiger charge is 2.24. The summed E-state index contributed by atoms with van der Waals surface area (Å²) >= 11 is 1.59. The summed E-state index contributed by atoms with van der Waals surface area (Å²) in [7, 11) is 0. The van der Waals surface area contributed by atoms with Crippen molar-refractivity contribution in [2.24, 2.45) is 0 Å². The number of thiophene rings is 1. The third-order valence-electron chi connectivity index (χ3n) is 6.23. The highest BCUT2D eigenvalue weighted by atomic mass is 32.1. The lowest BCUT2D eigenvalue weighted by molar-refractivity contribution is 0.726. The summed E-state index contributed by atoms with van der Waals surface area (Å²) in [4.78, 5) is 24.2. The van der Waals surface area contributed by atoms with Crippen LogP contribution in [0.4, 0.5) is 0 Å². The lowest BCUT2D eigenvalue weighted by Gasteiger charge is -2.04. The van der Waals surface area contributed by atoms with E-state index in [4.69, 9.17) is 10.1 Å². The van der Waals surface area contributed by atoms with Crippen molar-refractivity contribution in [2.45, 2.75) is 26.8 Å². The first-order valence-corrected chi connectivity index (χ1v) is 11.7. The fourth-order valence-corrected chi connectivity index (χ4v) is 5.41. The molecule has 4 aromatic heterocycles. The first-order chi connectivity index (χ1) is 16.1. The molecule has 7 heteroatoms. The second-order valence-electron chi connectivity index (χ2n) is 8.22. The van der Waals surface area contributed by atoms with Gasteiger partial charge in [-0.2, -0.15) is 5.10 Å². The van der Waals surface area contributed by atoms with E-state index in [2.05, 4.69) is 11.1 Å². The molecular weight excluding hydrogens is 430 g/mol. The molecule has 0 saturated carbocycles. The molecule has 1 aliphatic heterocycles. The Morgan fingerprint density at radius 1 is 1.06 bits per heavy atom. The smallest absolute Gasteiger partial charge is 0.262 e. The topological polar surface area (TPSA) is 65.6 Å². The second kappa shape index (κ2) is 7.64. The first-order valence-electron chi connectivity index (χ1n) is 10.9. The van der Waals surface area contributed by atoms with Gasteiger partial charge in [0.1, 0.15) is 16.3 Å². The van der Waals surface area contributed by atoms with Crippen LogP contribution in [0.25, 0.3) is 38.8 Å². The highest BCUT2D eigenvalue weighted by Crippen LogP contribution is 2.34. The molecule has 33 heavy (non-hydrogen) atoms. The van der Waals surface area contributed by atoms with E-state index in [9.17, 15) is 4.79 Å². The van der Waals surface area contributed by atoms with E-state index in [1.807, 2.05) is 71.8 Å². The lowest BCUT2D eigenvalue weighted by Crippen LogP contribution is -2.20. The number of aryl methyl sites for hydroxylation is 2. The maximum atomic E-state index is 13.2. The van der Waals surface area contributed by atoms with Crippen LogP contribution in [-0.4, -0.2) is 24.3 Å². The van der Waals surface area contributed by atoms with E-state index >= 15 is 0 Å². The van der Waals surface area contributed by atoms with Crippen molar-refractivity contribution in [3.05, 3.63) is 93.2 Å². The largest absolute Gasteiger partial charge is 0.292 e. The number of allylic oxidation sites excluding steroid dienone is 1. The summed E-state index contributed by atoms with van der Waals surface area (Å²) in [5.74, 6) is 0.766. The molecular formula is C26H21N5OS. The Labute approximate surface area is 194 Å². The molecule has 0 bridgehead atoms. The first kappa shape index (κ1) is 19.8. The molecule has 0 amide bonds. The third kappa shape index (κ3) is 3.24. The molecule has 0 N–H and O–H groups in total. The van der Waals surface area contributed by atoms with E-state index in [0.29, 0.717) is 6.54 Å². The average molecular weight is 452 g/mol. The molecule has 0 radical (unpaired) electrons. The van der Waals surface area contributed by atoms with Crippen LogP contribution in [0.15, 0.2) is 65.8 Å². The van der Waals surface area contributed by atoms with Gasteiger partial charge in [0.25, 0.3) is 5.56 Å². The second-order valence-corrected chi connectivity index (χ2v) is 9.43. The zero-order chi connectivity index (χ0) is 22.5. The summed E-state index contributed by atoms with van der Waals surface area (Å²) in [6.45, 7) is 4.70. The standard InChI is InChI=1S/C26H21N5OS/c1-16-17(2)33-25-22(16)26(32)30-13-10-19(24(30)28-25)14-20-15-31(21-6-4-3-5-7-21)29-23(20)18-8-11-27-12-9-18/h3-9,11-12,14-15H,10,13H2,1-2H3/b19-14-. The van der Waals surface area contributed by atoms with Gasteiger partial charge in [-0.05, 0) is 61.7 Å². The van der Waals surface area contributed by atoms with Crippen molar-refractivity contribution in [1.82, 2.24) is 24.3 Å². The average Bonchev–Trinajstić information content (AvgIpc) is 3.52. The van der Waals surface area contributed by atoms with E-state index in [1.54, 1.807) is 23.7 Å². The van der Waals surface area contributed by atoms with Crippen LogP contribution in [0.2, 0.25) is 0 Å². The summed E-state index contributed by atoms with van der Waals surface area (Å²) < 4.78 is 3.72. The molecule has 0 aliphatic carbocycles. The number of hydrogen-bond acceptors (Lipinski definition) is 5. The number of hydrogen-bond donors (Lipinski definition) is 0. The number of nitrogens with zero attached hydrogens (tertiary/aromatic N) is 5. The monoisotopic (exact) mass is 451 g/mol. The molecule has 5 heterocycles. The molecule has 0 saturated heterocycles. The maximum Gasteiger partial charge on any atom is 0.262 e. The number of benzene rings is 1. The van der Waals surface area contributed by atoms with Crippen LogP contribution in [0.5, 0.6) is 0 Å². The molecule has 6 rings (SSSR count). The van der Waals surface area contributed by atoms with E-state index in [-0.39, 0.29) is 5.56 Å². The fourth-order valence-electron chi connectivity index (χ4n) is 4.39. The van der Waals surface area contributed by atoms with Gasteiger partial charge in [0.05, 0.1) is 11.1 Å². The van der Waals surface area contributed by atoms with Crippen LogP contribution in [0, 0.1) is 13.8 Å². The zero-order valence-electron chi connectivity index (χ0n) is 18.3. The van der Waals surface area contributed by atoms with Gasteiger partial charge in [0.15, 0.2) is 0 Å². The highest BCUT2D eigenvalue weighted by molar-refractivity contribution is 7.18. The molecule has 1 aromatic carbocycles. The van der Waals surface area contributed by atoms with Gasteiger partial charge in [0, 0.05) is 41.1 Å². The Morgan fingerprint density at radius 3 is 2.64 bits per heavy atom. The molecule has 5 aromatic rings. The van der Waals surface area contributed by atoms with Gasteiger partial charge in [-0.25, -0.2) is 9.67 Å². The van der Waals surface area contributed by atoms with E-state index in [0.717, 1.165) is 61.0 Å². The van der Waals surface area contributed by atoms with Gasteiger partial charge in [-0.15, -0.1) is 11.3 Å². The molecule has 0 atom stereocenters. The molecule has 1 aliphatic rings. The van der Waals surface area contributed by atoms with Crippen LogP contribution >= 0.6 is 11.3 Å². The van der Waals surface area contributed by atoms with E-state index in [1.165, 1.54) is 0 Å². The van der Waals surface area contributed by atoms with Crippen molar-refractivity contribution >= 4 is 33.2 Å². The Bertz CT molecular complexity index is 1590. The van der Waals surface area contributed by atoms with Crippen molar-refractivity contribution in [3.63, 3.8) is 0 Å². The number of aromatic nitrogens is 5. The lowest BCUT2D eigenvalue weighted by atomic mass is 10.1. The molecule has 162 valence electrons. The Hall–Kier alpha value is -3.84. The van der Waals surface area contributed by atoms with Crippen LogP contribution in [-0.2, 0) is 6.54 Å². The molecule has 0 unspecified atom stereocenters.